The van der Waals surface area contributed by atoms with Crippen LogP contribution in [0.1, 0.15) is 24.2 Å². The first-order chi connectivity index (χ1) is 8.49. The van der Waals surface area contributed by atoms with Crippen molar-refractivity contribution in [3.05, 3.63) is 29.8 Å². The Bertz CT molecular complexity index is 429. The lowest BCUT2D eigenvalue weighted by atomic mass is 10.2. The minimum Gasteiger partial charge on any atom is -0.508 e. The standard InChI is InChI=1S/C13H17NO4/c1-9(2)8-18-12(16)7-14-13(17)10-4-3-5-11(15)6-10/h3-6,9,15H,7-8H2,1-2H3,(H,14,17). The molecule has 0 fully saturated rings. The van der Waals surface area contributed by atoms with E-state index in [-0.39, 0.29) is 18.2 Å². The van der Waals surface area contributed by atoms with Gasteiger partial charge in [-0.15, -0.1) is 0 Å². The van der Waals surface area contributed by atoms with Gasteiger partial charge in [0.1, 0.15) is 12.3 Å². The van der Waals surface area contributed by atoms with E-state index in [4.69, 9.17) is 4.74 Å². The molecule has 0 aliphatic carbocycles. The van der Waals surface area contributed by atoms with Crippen LogP contribution in [0, 0.1) is 5.92 Å². The second-order valence-corrected chi connectivity index (χ2v) is 4.31. The Hall–Kier alpha value is -2.04. The van der Waals surface area contributed by atoms with Crippen molar-refractivity contribution in [1.82, 2.24) is 5.32 Å². The average Bonchev–Trinajstić information content (AvgIpc) is 2.33. The molecule has 0 bridgehead atoms. The maximum Gasteiger partial charge on any atom is 0.325 e. The highest BCUT2D eigenvalue weighted by atomic mass is 16.5. The Morgan fingerprint density at radius 2 is 2.11 bits per heavy atom. The van der Waals surface area contributed by atoms with Gasteiger partial charge in [-0.1, -0.05) is 19.9 Å². The van der Waals surface area contributed by atoms with Crippen molar-refractivity contribution in [2.24, 2.45) is 5.92 Å². The molecule has 0 atom stereocenters. The maximum absolute atomic E-state index is 11.6. The molecular weight excluding hydrogens is 234 g/mol. The van der Waals surface area contributed by atoms with Crippen molar-refractivity contribution in [2.45, 2.75) is 13.8 Å². The molecule has 0 saturated carbocycles. The lowest BCUT2D eigenvalue weighted by Crippen LogP contribution is -2.31. The zero-order valence-corrected chi connectivity index (χ0v) is 10.5. The predicted octanol–water partition coefficient (Wildman–Crippen LogP) is 1.32. The summed E-state index contributed by atoms with van der Waals surface area (Å²) in [4.78, 5) is 22.9. The number of phenolic OH excluding ortho intramolecular Hbond substituents is 1. The molecule has 0 aliphatic rings. The number of carbonyl (C=O) groups is 2. The molecule has 0 spiro atoms. The maximum atomic E-state index is 11.6. The Balaban J connectivity index is 2.39. The third-order valence-electron chi connectivity index (χ3n) is 2.08. The van der Waals surface area contributed by atoms with E-state index in [1.807, 2.05) is 13.8 Å². The summed E-state index contributed by atoms with van der Waals surface area (Å²) in [5, 5.41) is 11.6. The lowest BCUT2D eigenvalue weighted by Gasteiger charge is -2.08. The smallest absolute Gasteiger partial charge is 0.325 e. The number of carbonyl (C=O) groups excluding carboxylic acids is 2. The number of nitrogens with one attached hydrogen (secondary N) is 1. The van der Waals surface area contributed by atoms with Crippen LogP contribution in [0.15, 0.2) is 24.3 Å². The number of esters is 1. The molecule has 5 nitrogen and oxygen atoms in total. The van der Waals surface area contributed by atoms with Crippen LogP contribution in [0.2, 0.25) is 0 Å². The summed E-state index contributed by atoms with van der Waals surface area (Å²) in [6, 6.07) is 5.90. The third kappa shape index (κ3) is 4.86. The number of phenols is 1. The van der Waals surface area contributed by atoms with Gasteiger partial charge in [0.2, 0.25) is 0 Å². The SMILES string of the molecule is CC(C)COC(=O)CNC(=O)c1cccc(O)c1. The molecule has 18 heavy (non-hydrogen) atoms. The molecule has 1 aromatic rings. The van der Waals surface area contributed by atoms with E-state index in [1.54, 1.807) is 12.1 Å². The van der Waals surface area contributed by atoms with Crippen molar-refractivity contribution in [1.29, 1.82) is 0 Å². The van der Waals surface area contributed by atoms with Crippen LogP contribution in [-0.4, -0.2) is 30.1 Å². The Labute approximate surface area is 106 Å². The quantitative estimate of drug-likeness (QED) is 0.774. The van der Waals surface area contributed by atoms with E-state index >= 15 is 0 Å². The fourth-order valence-electron chi connectivity index (χ4n) is 1.21. The van der Waals surface area contributed by atoms with Gasteiger partial charge in [-0.3, -0.25) is 9.59 Å². The highest BCUT2D eigenvalue weighted by Crippen LogP contribution is 2.10. The van der Waals surface area contributed by atoms with Gasteiger partial charge in [-0.05, 0) is 24.1 Å². The summed E-state index contributed by atoms with van der Waals surface area (Å²) in [6.45, 7) is 4.01. The average molecular weight is 251 g/mol. The summed E-state index contributed by atoms with van der Waals surface area (Å²) in [6.07, 6.45) is 0. The van der Waals surface area contributed by atoms with Crippen molar-refractivity contribution in [3.63, 3.8) is 0 Å². The van der Waals surface area contributed by atoms with Crippen molar-refractivity contribution in [3.8, 4) is 5.75 Å². The van der Waals surface area contributed by atoms with Crippen LogP contribution < -0.4 is 5.32 Å². The van der Waals surface area contributed by atoms with Crippen molar-refractivity contribution in [2.75, 3.05) is 13.2 Å². The van der Waals surface area contributed by atoms with E-state index in [2.05, 4.69) is 5.32 Å². The van der Waals surface area contributed by atoms with Crippen molar-refractivity contribution >= 4 is 11.9 Å². The molecule has 1 amide bonds. The van der Waals surface area contributed by atoms with Crippen LogP contribution >= 0.6 is 0 Å². The number of rotatable bonds is 5. The van der Waals surface area contributed by atoms with E-state index < -0.39 is 11.9 Å². The topological polar surface area (TPSA) is 75.6 Å². The molecule has 0 unspecified atom stereocenters. The first-order valence-electron chi connectivity index (χ1n) is 5.72. The second kappa shape index (κ2) is 6.64. The molecule has 1 aromatic carbocycles. The highest BCUT2D eigenvalue weighted by Gasteiger charge is 2.09. The minimum atomic E-state index is -0.475. The number of ether oxygens (including phenoxy) is 1. The van der Waals surface area contributed by atoms with Gasteiger partial charge >= 0.3 is 5.97 Å². The first kappa shape index (κ1) is 14.0. The Morgan fingerprint density at radius 3 is 2.72 bits per heavy atom. The van der Waals surface area contributed by atoms with Gasteiger partial charge in [0.05, 0.1) is 6.61 Å². The van der Waals surface area contributed by atoms with E-state index in [9.17, 15) is 14.7 Å². The summed E-state index contributed by atoms with van der Waals surface area (Å²) < 4.78 is 4.91. The van der Waals surface area contributed by atoms with Gasteiger partial charge in [0.15, 0.2) is 0 Å². The number of hydrogen-bond acceptors (Lipinski definition) is 4. The third-order valence-corrected chi connectivity index (χ3v) is 2.08. The van der Waals surface area contributed by atoms with Gasteiger partial charge < -0.3 is 15.2 Å². The highest BCUT2D eigenvalue weighted by molar-refractivity contribution is 5.96. The molecule has 2 N–H and O–H groups in total. The normalized spacial score (nSPS) is 10.2. The lowest BCUT2D eigenvalue weighted by molar-refractivity contribution is -0.143. The van der Waals surface area contributed by atoms with E-state index in [1.165, 1.54) is 12.1 Å². The molecule has 0 aromatic heterocycles. The summed E-state index contributed by atoms with van der Waals surface area (Å²) in [5.41, 5.74) is 0.298. The van der Waals surface area contributed by atoms with Gasteiger partial charge in [0.25, 0.3) is 5.91 Å². The van der Waals surface area contributed by atoms with E-state index in [0.717, 1.165) is 0 Å². The summed E-state index contributed by atoms with van der Waals surface area (Å²) >= 11 is 0. The molecule has 0 radical (unpaired) electrons. The first-order valence-corrected chi connectivity index (χ1v) is 5.72. The Kier molecular flexibility index (Phi) is 5.17. The molecule has 5 heteroatoms. The minimum absolute atomic E-state index is 0.00466. The fraction of sp³-hybridized carbons (Fsp3) is 0.385. The number of amides is 1. The van der Waals surface area contributed by atoms with Crippen LogP contribution in [0.5, 0.6) is 5.75 Å². The second-order valence-electron chi connectivity index (χ2n) is 4.31. The molecule has 98 valence electrons. The van der Waals surface area contributed by atoms with Gasteiger partial charge in [-0.2, -0.15) is 0 Å². The summed E-state index contributed by atoms with van der Waals surface area (Å²) in [5.74, 6) is -0.634. The molecule has 1 rings (SSSR count). The molecular formula is C13H17NO4. The van der Waals surface area contributed by atoms with E-state index in [0.29, 0.717) is 12.2 Å². The Morgan fingerprint density at radius 1 is 1.39 bits per heavy atom. The molecule has 0 saturated heterocycles. The molecule has 0 heterocycles. The number of hydrogen-bond donors (Lipinski definition) is 2. The van der Waals surface area contributed by atoms with Crippen LogP contribution in [-0.2, 0) is 9.53 Å². The number of aromatic hydroxyl groups is 1. The monoisotopic (exact) mass is 251 g/mol. The summed E-state index contributed by atoms with van der Waals surface area (Å²) in [7, 11) is 0. The van der Waals surface area contributed by atoms with Crippen molar-refractivity contribution < 1.29 is 19.4 Å². The zero-order valence-electron chi connectivity index (χ0n) is 10.5. The predicted molar refractivity (Wildman–Crippen MR) is 66.2 cm³/mol. The fourth-order valence-corrected chi connectivity index (χ4v) is 1.21. The zero-order chi connectivity index (χ0) is 13.5. The molecule has 0 aliphatic heterocycles. The van der Waals surface area contributed by atoms with Gasteiger partial charge in [-0.25, -0.2) is 0 Å². The van der Waals surface area contributed by atoms with Crippen LogP contribution in [0.3, 0.4) is 0 Å². The largest absolute Gasteiger partial charge is 0.508 e. The van der Waals surface area contributed by atoms with Crippen LogP contribution in [0.25, 0.3) is 0 Å². The van der Waals surface area contributed by atoms with Gasteiger partial charge in [0, 0.05) is 5.56 Å². The number of benzene rings is 1. The van der Waals surface area contributed by atoms with Crippen LogP contribution in [0.4, 0.5) is 0 Å².